The molecule has 0 unspecified atom stereocenters. The molecule has 20 heavy (non-hydrogen) atoms. The number of nitrogens with zero attached hydrogens (tertiary/aromatic N) is 1. The topological polar surface area (TPSA) is 81.8 Å². The number of oxazole rings is 1. The molecule has 3 rings (SSSR count). The molecule has 0 saturated carbocycles. The van der Waals surface area contributed by atoms with Crippen LogP contribution in [0.15, 0.2) is 39.0 Å². The monoisotopic (exact) mass is 293 g/mol. The Hall–Kier alpha value is -2.15. The normalized spacial score (nSPS) is 13.8. The first-order valence-electron chi connectivity index (χ1n) is 5.99. The summed E-state index contributed by atoms with van der Waals surface area (Å²) in [6, 6.07) is 5.50. The molecule has 0 fully saturated rings. The Morgan fingerprint density at radius 2 is 2.05 bits per heavy atom. The van der Waals surface area contributed by atoms with E-state index in [-0.39, 0.29) is 10.9 Å². The molecule has 2 heterocycles. The molecule has 0 aliphatic carbocycles. The second kappa shape index (κ2) is 5.46. The van der Waals surface area contributed by atoms with Gasteiger partial charge in [0.25, 0.3) is 5.22 Å². The first-order chi connectivity index (χ1) is 9.72. The summed E-state index contributed by atoms with van der Waals surface area (Å²) in [4.78, 5) is 15.4. The Morgan fingerprint density at radius 3 is 2.80 bits per heavy atom. The second-order valence-corrected chi connectivity index (χ2v) is 5.09. The molecular weight excluding hydrogens is 282 g/mol. The lowest BCUT2D eigenvalue weighted by atomic mass is 10.3. The molecule has 0 spiro atoms. The van der Waals surface area contributed by atoms with Crippen LogP contribution in [0.25, 0.3) is 0 Å². The minimum atomic E-state index is -1.11. The summed E-state index contributed by atoms with van der Waals surface area (Å²) >= 11 is 1.23. The number of hydrogen-bond donors (Lipinski definition) is 1. The van der Waals surface area contributed by atoms with E-state index in [1.807, 2.05) is 18.2 Å². The van der Waals surface area contributed by atoms with E-state index >= 15 is 0 Å². The summed E-state index contributed by atoms with van der Waals surface area (Å²) in [6.45, 7) is 1.25. The van der Waals surface area contributed by atoms with Crippen LogP contribution in [0.1, 0.15) is 16.9 Å². The Labute approximate surface area is 118 Å². The van der Waals surface area contributed by atoms with E-state index in [9.17, 15) is 4.79 Å². The van der Waals surface area contributed by atoms with Crippen molar-refractivity contribution in [2.45, 2.75) is 16.5 Å². The van der Waals surface area contributed by atoms with Gasteiger partial charge in [-0.3, -0.25) is 0 Å². The van der Waals surface area contributed by atoms with E-state index in [4.69, 9.17) is 19.0 Å². The standard InChI is InChI=1S/C13H11NO5S/c15-12(16)9-7-19-13(14-9)20-8-2-3-10-11(6-8)18-5-1-4-17-10/h2-3,6-7H,1,4-5H2,(H,15,16). The molecule has 1 aromatic heterocycles. The van der Waals surface area contributed by atoms with E-state index in [1.165, 1.54) is 11.8 Å². The molecule has 1 aliphatic rings. The van der Waals surface area contributed by atoms with E-state index in [2.05, 4.69) is 4.98 Å². The number of benzene rings is 1. The largest absolute Gasteiger partial charge is 0.490 e. The fraction of sp³-hybridized carbons (Fsp3) is 0.231. The molecule has 0 radical (unpaired) electrons. The highest BCUT2D eigenvalue weighted by molar-refractivity contribution is 7.99. The van der Waals surface area contributed by atoms with Gasteiger partial charge in [-0.25, -0.2) is 4.79 Å². The highest BCUT2D eigenvalue weighted by atomic mass is 32.2. The molecule has 0 saturated heterocycles. The smallest absolute Gasteiger partial charge is 0.357 e. The number of aromatic carboxylic acids is 1. The number of aromatic nitrogens is 1. The lowest BCUT2D eigenvalue weighted by molar-refractivity contribution is 0.0690. The summed E-state index contributed by atoms with van der Waals surface area (Å²) in [5.74, 6) is 0.280. The lowest BCUT2D eigenvalue weighted by Crippen LogP contribution is -1.97. The van der Waals surface area contributed by atoms with Crippen LogP contribution in [0, 0.1) is 0 Å². The molecule has 1 aliphatic heterocycles. The average Bonchev–Trinajstić information content (AvgIpc) is 2.77. The molecule has 1 aromatic carbocycles. The Morgan fingerprint density at radius 1 is 1.25 bits per heavy atom. The molecule has 104 valence electrons. The maximum Gasteiger partial charge on any atom is 0.357 e. The number of fused-ring (bicyclic) bond motifs is 1. The highest BCUT2D eigenvalue weighted by Crippen LogP contribution is 2.36. The molecule has 1 N–H and O–H groups in total. The molecular formula is C13H11NO5S. The van der Waals surface area contributed by atoms with Crippen molar-refractivity contribution in [1.82, 2.24) is 4.98 Å². The van der Waals surface area contributed by atoms with Gasteiger partial charge in [-0.2, -0.15) is 4.98 Å². The number of carboxylic acid groups (broad SMARTS) is 1. The van der Waals surface area contributed by atoms with Crippen LogP contribution in [-0.4, -0.2) is 29.3 Å². The van der Waals surface area contributed by atoms with E-state index < -0.39 is 5.97 Å². The maximum atomic E-state index is 10.7. The van der Waals surface area contributed by atoms with Gasteiger partial charge in [0.2, 0.25) is 0 Å². The third kappa shape index (κ3) is 2.72. The van der Waals surface area contributed by atoms with E-state index in [1.54, 1.807) is 0 Å². The van der Waals surface area contributed by atoms with Crippen LogP contribution in [0.5, 0.6) is 11.5 Å². The maximum absolute atomic E-state index is 10.7. The highest BCUT2D eigenvalue weighted by Gasteiger charge is 2.14. The van der Waals surface area contributed by atoms with E-state index in [0.29, 0.717) is 24.7 Å². The fourth-order valence-electron chi connectivity index (χ4n) is 1.71. The summed E-state index contributed by atoms with van der Waals surface area (Å²) in [6.07, 6.45) is 1.96. The van der Waals surface area contributed by atoms with Crippen molar-refractivity contribution in [3.8, 4) is 11.5 Å². The second-order valence-electron chi connectivity index (χ2n) is 4.06. The zero-order chi connectivity index (χ0) is 13.9. The molecule has 0 bridgehead atoms. The third-order valence-corrected chi connectivity index (χ3v) is 3.48. The fourth-order valence-corrected chi connectivity index (χ4v) is 2.45. The average molecular weight is 293 g/mol. The quantitative estimate of drug-likeness (QED) is 0.931. The summed E-state index contributed by atoms with van der Waals surface area (Å²) in [7, 11) is 0. The SMILES string of the molecule is O=C(O)c1coc(Sc2ccc3c(c2)OCCCO3)n1. The van der Waals surface area contributed by atoms with Crippen molar-refractivity contribution in [2.24, 2.45) is 0 Å². The van der Waals surface area contributed by atoms with E-state index in [0.717, 1.165) is 17.6 Å². The van der Waals surface area contributed by atoms with Crippen molar-refractivity contribution in [1.29, 1.82) is 0 Å². The lowest BCUT2D eigenvalue weighted by Gasteiger charge is -2.07. The van der Waals surface area contributed by atoms with Gasteiger partial charge < -0.3 is 19.0 Å². The van der Waals surface area contributed by atoms with Crippen LogP contribution < -0.4 is 9.47 Å². The van der Waals surface area contributed by atoms with Gasteiger partial charge in [0, 0.05) is 11.3 Å². The third-order valence-electron chi connectivity index (χ3n) is 2.63. The summed E-state index contributed by atoms with van der Waals surface area (Å²) in [5, 5.41) is 9.06. The van der Waals surface area contributed by atoms with Gasteiger partial charge in [0.05, 0.1) is 13.2 Å². The van der Waals surface area contributed by atoms with Gasteiger partial charge in [0.15, 0.2) is 17.2 Å². The molecule has 2 aromatic rings. The van der Waals surface area contributed by atoms with Crippen molar-refractivity contribution < 1.29 is 23.8 Å². The van der Waals surface area contributed by atoms with Crippen LogP contribution in [0.2, 0.25) is 0 Å². The summed E-state index contributed by atoms with van der Waals surface area (Å²) in [5.41, 5.74) is -0.109. The minimum Gasteiger partial charge on any atom is -0.490 e. The summed E-state index contributed by atoms with van der Waals surface area (Å²) < 4.78 is 16.2. The van der Waals surface area contributed by atoms with Crippen LogP contribution in [-0.2, 0) is 0 Å². The van der Waals surface area contributed by atoms with Crippen molar-refractivity contribution in [3.63, 3.8) is 0 Å². The molecule has 0 amide bonds. The number of hydrogen-bond acceptors (Lipinski definition) is 6. The number of carbonyl (C=O) groups is 1. The number of carboxylic acids is 1. The number of ether oxygens (including phenoxy) is 2. The van der Waals surface area contributed by atoms with Crippen molar-refractivity contribution in [2.75, 3.05) is 13.2 Å². The Kier molecular flexibility index (Phi) is 3.51. The van der Waals surface area contributed by atoms with Crippen LogP contribution >= 0.6 is 11.8 Å². The predicted octanol–water partition coefficient (Wildman–Crippen LogP) is 2.69. The Balaban J connectivity index is 1.80. The van der Waals surface area contributed by atoms with Gasteiger partial charge in [0.1, 0.15) is 6.26 Å². The van der Waals surface area contributed by atoms with Gasteiger partial charge in [-0.1, -0.05) is 0 Å². The minimum absolute atomic E-state index is 0.109. The number of rotatable bonds is 3. The first-order valence-corrected chi connectivity index (χ1v) is 6.80. The molecule has 7 heteroatoms. The van der Waals surface area contributed by atoms with Crippen LogP contribution in [0.4, 0.5) is 0 Å². The van der Waals surface area contributed by atoms with Gasteiger partial charge >= 0.3 is 5.97 Å². The van der Waals surface area contributed by atoms with Crippen LogP contribution in [0.3, 0.4) is 0 Å². The van der Waals surface area contributed by atoms with Gasteiger partial charge in [-0.05, 0) is 30.0 Å². The zero-order valence-corrected chi connectivity index (χ0v) is 11.2. The molecule has 0 atom stereocenters. The van der Waals surface area contributed by atoms with Gasteiger partial charge in [-0.15, -0.1) is 0 Å². The predicted molar refractivity (Wildman–Crippen MR) is 69.6 cm³/mol. The molecule has 6 nitrogen and oxygen atoms in total. The zero-order valence-electron chi connectivity index (χ0n) is 10.4. The first kappa shape index (κ1) is 12.9. The van der Waals surface area contributed by atoms with Crippen molar-refractivity contribution >= 4 is 17.7 Å². The Bertz CT molecular complexity index is 639. The van der Waals surface area contributed by atoms with Crippen molar-refractivity contribution in [3.05, 3.63) is 30.2 Å².